The molecule has 1 aliphatic rings. The minimum absolute atomic E-state index is 0.0493. The molecule has 0 unspecified atom stereocenters. The maximum Gasteiger partial charge on any atom is 0.490 e. The molecule has 1 fully saturated rings. The van der Waals surface area contributed by atoms with E-state index in [-0.39, 0.29) is 12.0 Å². The van der Waals surface area contributed by atoms with Crippen LogP contribution in [-0.4, -0.2) is 61.5 Å². The van der Waals surface area contributed by atoms with E-state index in [0.29, 0.717) is 6.61 Å². The molecule has 10 heteroatoms. The molecule has 1 aromatic carbocycles. The number of rotatable bonds is 4. The van der Waals surface area contributed by atoms with E-state index in [4.69, 9.17) is 20.4 Å². The highest BCUT2D eigenvalue weighted by atomic mass is 19.4. The molecule has 1 aliphatic heterocycles. The summed E-state index contributed by atoms with van der Waals surface area (Å²) in [4.78, 5) is 11.1. The van der Waals surface area contributed by atoms with E-state index in [1.54, 1.807) is 13.2 Å². The van der Waals surface area contributed by atoms with Gasteiger partial charge in [-0.05, 0) is 17.7 Å². The fourth-order valence-electron chi connectivity index (χ4n) is 2.41. The van der Waals surface area contributed by atoms with Crippen LogP contribution < -0.4 is 5.73 Å². The highest BCUT2D eigenvalue weighted by Crippen LogP contribution is 2.27. The van der Waals surface area contributed by atoms with Crippen LogP contribution in [0.5, 0.6) is 0 Å². The molecule has 1 saturated heterocycles. The molecule has 2 rings (SSSR count). The van der Waals surface area contributed by atoms with Crippen LogP contribution in [0.15, 0.2) is 18.2 Å². The van der Waals surface area contributed by atoms with Crippen molar-refractivity contribution in [3.63, 3.8) is 0 Å². The van der Waals surface area contributed by atoms with Gasteiger partial charge >= 0.3 is 12.1 Å². The molecule has 0 saturated carbocycles. The lowest BCUT2D eigenvalue weighted by Gasteiger charge is -2.15. The van der Waals surface area contributed by atoms with Crippen LogP contribution in [0.2, 0.25) is 0 Å². The predicted octanol–water partition coefficient (Wildman–Crippen LogP) is 1.97. The first-order valence-corrected chi connectivity index (χ1v) is 7.28. The Morgan fingerprint density at radius 1 is 1.32 bits per heavy atom. The zero-order valence-electron chi connectivity index (χ0n) is 13.4. The summed E-state index contributed by atoms with van der Waals surface area (Å²) in [6.07, 6.45) is -5.08. The summed E-state index contributed by atoms with van der Waals surface area (Å²) < 4.78 is 62.9. The fourth-order valence-corrected chi connectivity index (χ4v) is 2.41. The minimum Gasteiger partial charge on any atom is -0.475 e. The van der Waals surface area contributed by atoms with Crippen molar-refractivity contribution in [1.29, 1.82) is 0 Å². The van der Waals surface area contributed by atoms with Crippen LogP contribution >= 0.6 is 0 Å². The van der Waals surface area contributed by atoms with Gasteiger partial charge in [0, 0.05) is 38.7 Å². The Kier molecular flexibility index (Phi) is 7.71. The number of aliphatic carboxylic acids is 1. The first-order valence-electron chi connectivity index (χ1n) is 7.28. The molecule has 0 bridgehead atoms. The van der Waals surface area contributed by atoms with Crippen LogP contribution in [0.3, 0.4) is 0 Å². The molecular weight excluding hydrogens is 351 g/mol. The maximum atomic E-state index is 13.2. The third-order valence-corrected chi connectivity index (χ3v) is 3.67. The smallest absolute Gasteiger partial charge is 0.475 e. The van der Waals surface area contributed by atoms with Crippen molar-refractivity contribution >= 4 is 5.97 Å². The van der Waals surface area contributed by atoms with Crippen LogP contribution in [-0.2, 0) is 9.53 Å². The summed E-state index contributed by atoms with van der Waals surface area (Å²) in [6.45, 7) is 2.98. The number of nitrogens with zero attached hydrogens (tertiary/aromatic N) is 1. The molecule has 2 atom stereocenters. The second-order valence-electron chi connectivity index (χ2n) is 5.50. The number of hydrogen-bond donors (Lipinski definition) is 2. The van der Waals surface area contributed by atoms with Crippen molar-refractivity contribution in [3.8, 4) is 0 Å². The second kappa shape index (κ2) is 9.07. The van der Waals surface area contributed by atoms with Crippen molar-refractivity contribution < 1.29 is 36.6 Å². The minimum atomic E-state index is -5.08. The summed E-state index contributed by atoms with van der Waals surface area (Å²) in [6, 6.07) is 3.98. The van der Waals surface area contributed by atoms with Gasteiger partial charge in [0.15, 0.2) is 11.6 Å². The summed E-state index contributed by atoms with van der Waals surface area (Å²) in [5.74, 6) is -4.33. The number of halogens is 5. The third-order valence-electron chi connectivity index (χ3n) is 3.67. The Hall–Kier alpha value is -1.78. The zero-order chi connectivity index (χ0) is 19.2. The number of alkyl halides is 3. The first kappa shape index (κ1) is 21.3. The lowest BCUT2D eigenvalue weighted by atomic mass is 9.95. The molecule has 25 heavy (non-hydrogen) atoms. The van der Waals surface area contributed by atoms with E-state index in [2.05, 4.69) is 4.90 Å². The normalized spacial score (nSPS) is 20.9. The number of nitrogens with two attached hydrogens (primary N) is 1. The highest BCUT2D eigenvalue weighted by molar-refractivity contribution is 5.73. The van der Waals surface area contributed by atoms with Crippen molar-refractivity contribution in [2.24, 2.45) is 5.73 Å². The topological polar surface area (TPSA) is 75.8 Å². The second-order valence-corrected chi connectivity index (χ2v) is 5.50. The number of ether oxygens (including phenoxy) is 1. The van der Waals surface area contributed by atoms with Gasteiger partial charge in [0.2, 0.25) is 0 Å². The lowest BCUT2D eigenvalue weighted by molar-refractivity contribution is -0.192. The van der Waals surface area contributed by atoms with Crippen LogP contribution in [0.4, 0.5) is 22.0 Å². The van der Waals surface area contributed by atoms with E-state index < -0.39 is 23.8 Å². The maximum absolute atomic E-state index is 13.2. The molecule has 0 spiro atoms. The number of benzene rings is 1. The van der Waals surface area contributed by atoms with E-state index in [9.17, 15) is 22.0 Å². The molecule has 1 heterocycles. The standard InChI is InChI=1S/C13H18F2N2O.C2HF3O2/c1-18-5-4-17-7-10(13(16)8-17)9-2-3-11(14)12(15)6-9;3-2(4,5)1(6)7/h2-3,6,10,13H,4-5,7-8,16H2,1H3;(H,6,7)/t10-,13+;/m0./s1. The van der Waals surface area contributed by atoms with E-state index in [1.165, 1.54) is 6.07 Å². The average Bonchev–Trinajstić information content (AvgIpc) is 2.88. The van der Waals surface area contributed by atoms with Gasteiger partial charge in [-0.25, -0.2) is 13.6 Å². The predicted molar refractivity (Wildman–Crippen MR) is 79.1 cm³/mol. The van der Waals surface area contributed by atoms with E-state index in [0.717, 1.165) is 31.3 Å². The van der Waals surface area contributed by atoms with Gasteiger partial charge in [-0.15, -0.1) is 0 Å². The number of carbonyl (C=O) groups is 1. The molecule has 3 N–H and O–H groups in total. The van der Waals surface area contributed by atoms with Crippen molar-refractivity contribution in [2.75, 3.05) is 33.4 Å². The zero-order valence-corrected chi connectivity index (χ0v) is 13.4. The van der Waals surface area contributed by atoms with Gasteiger partial charge < -0.3 is 15.6 Å². The Morgan fingerprint density at radius 3 is 2.40 bits per heavy atom. The SMILES string of the molecule is COCCN1C[C@@H](N)[C@H](c2ccc(F)c(F)c2)C1.O=C(O)C(F)(F)F. The third kappa shape index (κ3) is 6.56. The van der Waals surface area contributed by atoms with Gasteiger partial charge in [-0.3, -0.25) is 4.90 Å². The largest absolute Gasteiger partial charge is 0.490 e. The molecular formula is C15H19F5N2O3. The van der Waals surface area contributed by atoms with Gasteiger partial charge in [-0.2, -0.15) is 13.2 Å². The Labute approximate surface area is 141 Å². The van der Waals surface area contributed by atoms with Crippen molar-refractivity contribution in [3.05, 3.63) is 35.4 Å². The lowest BCUT2D eigenvalue weighted by Crippen LogP contribution is -2.30. The molecule has 0 radical (unpaired) electrons. The molecule has 0 aliphatic carbocycles. The summed E-state index contributed by atoms with van der Waals surface area (Å²) in [5.41, 5.74) is 6.83. The first-order chi connectivity index (χ1) is 11.6. The summed E-state index contributed by atoms with van der Waals surface area (Å²) >= 11 is 0. The number of carboxylic acid groups (broad SMARTS) is 1. The fraction of sp³-hybridized carbons (Fsp3) is 0.533. The summed E-state index contributed by atoms with van der Waals surface area (Å²) in [5, 5.41) is 7.12. The number of hydrogen-bond acceptors (Lipinski definition) is 4. The molecule has 5 nitrogen and oxygen atoms in total. The molecule has 142 valence electrons. The molecule has 0 aromatic heterocycles. The van der Waals surface area contributed by atoms with E-state index in [1.807, 2.05) is 0 Å². The quantitative estimate of drug-likeness (QED) is 0.793. The number of likely N-dealkylation sites (tertiary alicyclic amines) is 1. The van der Waals surface area contributed by atoms with Crippen molar-refractivity contribution in [1.82, 2.24) is 4.90 Å². The van der Waals surface area contributed by atoms with Crippen LogP contribution in [0.25, 0.3) is 0 Å². The van der Waals surface area contributed by atoms with Crippen molar-refractivity contribution in [2.45, 2.75) is 18.1 Å². The highest BCUT2D eigenvalue weighted by Gasteiger charge is 2.38. The van der Waals surface area contributed by atoms with Gasteiger partial charge in [-0.1, -0.05) is 6.07 Å². The Bertz CT molecular complexity index is 583. The van der Waals surface area contributed by atoms with Crippen LogP contribution in [0.1, 0.15) is 11.5 Å². The number of methoxy groups -OCH3 is 1. The monoisotopic (exact) mass is 370 g/mol. The molecule has 0 amide bonds. The Morgan fingerprint density at radius 2 is 1.92 bits per heavy atom. The molecule has 1 aromatic rings. The van der Waals surface area contributed by atoms with Gasteiger partial charge in [0.1, 0.15) is 0 Å². The Balaban J connectivity index is 0.000000381. The number of carboxylic acids is 1. The van der Waals surface area contributed by atoms with Gasteiger partial charge in [0.05, 0.1) is 6.61 Å². The average molecular weight is 370 g/mol. The van der Waals surface area contributed by atoms with Crippen LogP contribution in [0, 0.1) is 11.6 Å². The van der Waals surface area contributed by atoms with Gasteiger partial charge in [0.25, 0.3) is 0 Å². The van der Waals surface area contributed by atoms with E-state index >= 15 is 0 Å². The summed E-state index contributed by atoms with van der Waals surface area (Å²) in [7, 11) is 1.66.